The van der Waals surface area contributed by atoms with Gasteiger partial charge in [0.05, 0.1) is 0 Å². The highest BCUT2D eigenvalue weighted by Crippen LogP contribution is 2.16. The molecule has 19 heavy (non-hydrogen) atoms. The number of hydrogen-bond acceptors (Lipinski definition) is 4. The summed E-state index contributed by atoms with van der Waals surface area (Å²) in [6.45, 7) is 0. The summed E-state index contributed by atoms with van der Waals surface area (Å²) in [5, 5.41) is 9.37. The molecular formula is C14H10O5. The Hall–Kier alpha value is -2.69. The van der Waals surface area contributed by atoms with E-state index in [1.54, 1.807) is 30.4 Å². The average Bonchev–Trinajstić information content (AvgIpc) is 2.38. The van der Waals surface area contributed by atoms with Gasteiger partial charge in [-0.1, -0.05) is 18.2 Å². The number of allylic oxidation sites excluding steroid dienone is 1. The highest BCUT2D eigenvalue weighted by Gasteiger charge is 2.11. The minimum Gasteiger partial charge on any atom is -0.477 e. The largest absolute Gasteiger partial charge is 0.477 e. The molecule has 0 fully saturated rings. The molecule has 0 aliphatic rings. The maximum absolute atomic E-state index is 11.4. The lowest BCUT2D eigenvalue weighted by Crippen LogP contribution is -2.12. The molecular weight excluding hydrogens is 248 g/mol. The Balaban J connectivity index is 2.52. The van der Waals surface area contributed by atoms with Crippen LogP contribution in [-0.2, 0) is 4.79 Å². The smallest absolute Gasteiger partial charge is 0.351 e. The number of aromatic carboxylic acids is 1. The molecule has 0 aliphatic carbocycles. The van der Waals surface area contributed by atoms with Crippen molar-refractivity contribution in [2.75, 3.05) is 0 Å². The van der Waals surface area contributed by atoms with Gasteiger partial charge in [-0.3, -0.25) is 0 Å². The predicted octanol–water partition coefficient (Wildman–Crippen LogP) is 2.09. The summed E-state index contributed by atoms with van der Waals surface area (Å²) >= 11 is 0. The number of aldehydes is 1. The van der Waals surface area contributed by atoms with Gasteiger partial charge in [-0.05, 0) is 23.8 Å². The van der Waals surface area contributed by atoms with E-state index in [1.165, 1.54) is 6.07 Å². The fourth-order valence-corrected chi connectivity index (χ4v) is 1.65. The zero-order valence-electron chi connectivity index (χ0n) is 9.83. The minimum atomic E-state index is -1.32. The van der Waals surface area contributed by atoms with Crippen molar-refractivity contribution in [1.29, 1.82) is 0 Å². The van der Waals surface area contributed by atoms with Crippen LogP contribution in [-0.4, -0.2) is 17.4 Å². The van der Waals surface area contributed by atoms with Crippen molar-refractivity contribution in [3.05, 3.63) is 51.9 Å². The number of carboxylic acid groups (broad SMARTS) is 1. The fourth-order valence-electron chi connectivity index (χ4n) is 1.65. The zero-order chi connectivity index (χ0) is 13.8. The van der Waals surface area contributed by atoms with Crippen LogP contribution in [0.2, 0.25) is 0 Å². The normalized spacial score (nSPS) is 10.9. The van der Waals surface area contributed by atoms with Crippen molar-refractivity contribution in [2.24, 2.45) is 0 Å². The topological polar surface area (TPSA) is 84.6 Å². The highest BCUT2D eigenvalue weighted by molar-refractivity contribution is 5.92. The van der Waals surface area contributed by atoms with Gasteiger partial charge in [0.1, 0.15) is 17.4 Å². The molecule has 0 unspecified atom stereocenters. The Morgan fingerprint density at radius 1 is 1.32 bits per heavy atom. The lowest BCUT2D eigenvalue weighted by molar-refractivity contribution is -0.107. The van der Waals surface area contributed by atoms with Crippen LogP contribution >= 0.6 is 0 Å². The summed E-state index contributed by atoms with van der Waals surface area (Å²) in [6.07, 6.45) is 4.51. The van der Waals surface area contributed by atoms with Crippen LogP contribution in [0.1, 0.15) is 22.3 Å². The fraction of sp³-hybridized carbons (Fsp3) is 0.0714. The molecule has 2 rings (SSSR count). The van der Waals surface area contributed by atoms with Crippen molar-refractivity contribution in [3.8, 4) is 0 Å². The second-order valence-electron chi connectivity index (χ2n) is 3.85. The number of carbonyl (C=O) groups is 2. The lowest BCUT2D eigenvalue weighted by Gasteiger charge is -2.00. The number of fused-ring (bicyclic) bond motifs is 1. The van der Waals surface area contributed by atoms with E-state index >= 15 is 0 Å². The van der Waals surface area contributed by atoms with E-state index in [1.807, 2.05) is 0 Å². The first-order valence-electron chi connectivity index (χ1n) is 5.53. The second-order valence-corrected chi connectivity index (χ2v) is 3.85. The van der Waals surface area contributed by atoms with Gasteiger partial charge in [0.15, 0.2) is 0 Å². The molecule has 5 heteroatoms. The van der Waals surface area contributed by atoms with Crippen molar-refractivity contribution >= 4 is 29.3 Å². The van der Waals surface area contributed by atoms with Gasteiger partial charge in [-0.15, -0.1) is 0 Å². The van der Waals surface area contributed by atoms with E-state index in [9.17, 15) is 14.4 Å². The standard InChI is InChI=1S/C14H10O5/c15-6-2-1-3-9-4-5-12-10(7-9)8-11(13(16)17)14(18)19-12/h1,3-8H,2H2,(H,16,17). The summed E-state index contributed by atoms with van der Waals surface area (Å²) in [5.41, 5.74) is -0.159. The molecule has 0 saturated carbocycles. The van der Waals surface area contributed by atoms with Gasteiger partial charge < -0.3 is 14.3 Å². The van der Waals surface area contributed by atoms with Gasteiger partial charge in [0.25, 0.3) is 0 Å². The third-order valence-electron chi connectivity index (χ3n) is 2.53. The van der Waals surface area contributed by atoms with Gasteiger partial charge in [0.2, 0.25) is 0 Å². The first kappa shape index (κ1) is 12.8. The van der Waals surface area contributed by atoms with Crippen LogP contribution < -0.4 is 5.63 Å². The molecule has 0 radical (unpaired) electrons. The summed E-state index contributed by atoms with van der Waals surface area (Å²) in [5.74, 6) is -1.32. The number of hydrogen-bond donors (Lipinski definition) is 1. The van der Waals surface area contributed by atoms with Crippen molar-refractivity contribution in [3.63, 3.8) is 0 Å². The molecule has 1 heterocycles. The number of carbonyl (C=O) groups excluding carboxylic acids is 1. The molecule has 0 spiro atoms. The Morgan fingerprint density at radius 3 is 2.79 bits per heavy atom. The van der Waals surface area contributed by atoms with Crippen LogP contribution in [0, 0.1) is 0 Å². The third kappa shape index (κ3) is 2.77. The number of rotatable bonds is 4. The molecule has 1 N–H and O–H groups in total. The SMILES string of the molecule is O=CCC=Cc1ccc2oc(=O)c(C(=O)O)cc2c1. The number of benzene rings is 1. The first-order valence-corrected chi connectivity index (χ1v) is 5.53. The zero-order valence-corrected chi connectivity index (χ0v) is 9.83. The summed E-state index contributed by atoms with van der Waals surface area (Å²) in [6, 6.07) is 6.27. The Bertz CT molecular complexity index is 724. The van der Waals surface area contributed by atoms with E-state index in [0.29, 0.717) is 17.4 Å². The van der Waals surface area contributed by atoms with Crippen LogP contribution in [0.15, 0.2) is 39.6 Å². The molecule has 96 valence electrons. The Morgan fingerprint density at radius 2 is 2.11 bits per heavy atom. The summed E-state index contributed by atoms with van der Waals surface area (Å²) in [4.78, 5) is 32.4. The molecule has 0 atom stereocenters. The first-order chi connectivity index (χ1) is 9.11. The second kappa shape index (κ2) is 5.30. The Labute approximate surface area is 107 Å². The van der Waals surface area contributed by atoms with Gasteiger partial charge in [0, 0.05) is 11.8 Å². The van der Waals surface area contributed by atoms with Crippen LogP contribution in [0.4, 0.5) is 0 Å². The maximum Gasteiger partial charge on any atom is 0.351 e. The molecule has 5 nitrogen and oxygen atoms in total. The minimum absolute atomic E-state index is 0.308. The van der Waals surface area contributed by atoms with E-state index in [2.05, 4.69) is 0 Å². The highest BCUT2D eigenvalue weighted by atomic mass is 16.4. The van der Waals surface area contributed by atoms with E-state index < -0.39 is 17.2 Å². The molecule has 1 aromatic carbocycles. The Kier molecular flexibility index (Phi) is 3.56. The van der Waals surface area contributed by atoms with Gasteiger partial charge in [-0.2, -0.15) is 0 Å². The summed E-state index contributed by atoms with van der Waals surface area (Å²) < 4.78 is 4.92. The molecule has 0 bridgehead atoms. The maximum atomic E-state index is 11.4. The molecule has 0 amide bonds. The van der Waals surface area contributed by atoms with Gasteiger partial charge >= 0.3 is 11.6 Å². The molecule has 1 aromatic heterocycles. The quantitative estimate of drug-likeness (QED) is 0.670. The van der Waals surface area contributed by atoms with Crippen molar-refractivity contribution in [2.45, 2.75) is 6.42 Å². The lowest BCUT2D eigenvalue weighted by atomic mass is 10.1. The van der Waals surface area contributed by atoms with Crippen LogP contribution in [0.5, 0.6) is 0 Å². The van der Waals surface area contributed by atoms with Crippen LogP contribution in [0.25, 0.3) is 17.0 Å². The van der Waals surface area contributed by atoms with Crippen LogP contribution in [0.3, 0.4) is 0 Å². The summed E-state index contributed by atoms with van der Waals surface area (Å²) in [7, 11) is 0. The molecule has 2 aromatic rings. The molecule has 0 saturated heterocycles. The monoisotopic (exact) mass is 258 g/mol. The van der Waals surface area contributed by atoms with E-state index in [4.69, 9.17) is 9.52 Å². The average molecular weight is 258 g/mol. The number of carboxylic acids is 1. The van der Waals surface area contributed by atoms with E-state index in [0.717, 1.165) is 11.8 Å². The van der Waals surface area contributed by atoms with Crippen molar-refractivity contribution < 1.29 is 19.1 Å². The molecule has 0 aliphatic heterocycles. The van der Waals surface area contributed by atoms with E-state index in [-0.39, 0.29) is 0 Å². The predicted molar refractivity (Wildman–Crippen MR) is 69.2 cm³/mol. The van der Waals surface area contributed by atoms with Gasteiger partial charge in [-0.25, -0.2) is 9.59 Å². The van der Waals surface area contributed by atoms with Crippen molar-refractivity contribution in [1.82, 2.24) is 0 Å². The third-order valence-corrected chi connectivity index (χ3v) is 2.53.